The number of rotatable bonds is 5. The van der Waals surface area contributed by atoms with Crippen LogP contribution < -0.4 is 9.54 Å². The number of fused-ring (bicyclic) bond motifs is 1. The summed E-state index contributed by atoms with van der Waals surface area (Å²) in [7, 11) is 1.58. The molecular formula is C20H19FN2O2S. The molecule has 0 saturated heterocycles. The van der Waals surface area contributed by atoms with Crippen LogP contribution in [0.5, 0.6) is 5.75 Å². The molecule has 0 unspecified atom stereocenters. The third kappa shape index (κ3) is 3.75. The first-order chi connectivity index (χ1) is 12.5. The molecule has 0 radical (unpaired) electrons. The standard InChI is InChI=1S/C20H19FN2O2S/c1-4-9-23-16-7-6-15(21)12-18(16)26-20(23)22-19(24)11-14-10-13(2)5-8-17(14)25-3/h4-8,10,12H,1,9,11H2,2-3H3. The number of hydrogen-bond acceptors (Lipinski definition) is 3. The average Bonchev–Trinajstić information content (AvgIpc) is 2.91. The fourth-order valence-corrected chi connectivity index (χ4v) is 3.87. The van der Waals surface area contributed by atoms with Crippen molar-refractivity contribution in [3.8, 4) is 5.75 Å². The summed E-state index contributed by atoms with van der Waals surface area (Å²) in [5.41, 5.74) is 2.67. The van der Waals surface area contributed by atoms with E-state index in [1.165, 1.54) is 23.5 Å². The van der Waals surface area contributed by atoms with Crippen LogP contribution in [0, 0.1) is 12.7 Å². The zero-order chi connectivity index (χ0) is 18.7. The molecule has 1 heterocycles. The molecule has 134 valence electrons. The van der Waals surface area contributed by atoms with Crippen LogP contribution in [-0.4, -0.2) is 17.6 Å². The molecule has 26 heavy (non-hydrogen) atoms. The van der Waals surface area contributed by atoms with Gasteiger partial charge in [0.25, 0.3) is 5.91 Å². The number of hydrogen-bond donors (Lipinski definition) is 0. The molecule has 0 N–H and O–H groups in total. The quantitative estimate of drug-likeness (QED) is 0.637. The minimum Gasteiger partial charge on any atom is -0.496 e. The van der Waals surface area contributed by atoms with Crippen LogP contribution in [0.25, 0.3) is 10.2 Å². The Kier molecular flexibility index (Phi) is 5.32. The molecule has 0 bridgehead atoms. The van der Waals surface area contributed by atoms with E-state index >= 15 is 0 Å². The van der Waals surface area contributed by atoms with Crippen molar-refractivity contribution in [2.24, 2.45) is 4.99 Å². The normalized spacial score (nSPS) is 11.7. The number of benzene rings is 2. The van der Waals surface area contributed by atoms with E-state index in [4.69, 9.17) is 4.74 Å². The van der Waals surface area contributed by atoms with E-state index in [0.29, 0.717) is 17.1 Å². The van der Waals surface area contributed by atoms with Crippen molar-refractivity contribution < 1.29 is 13.9 Å². The predicted molar refractivity (Wildman–Crippen MR) is 102 cm³/mol. The van der Waals surface area contributed by atoms with Gasteiger partial charge in [0, 0.05) is 12.1 Å². The van der Waals surface area contributed by atoms with Crippen LogP contribution >= 0.6 is 11.3 Å². The summed E-state index contributed by atoms with van der Waals surface area (Å²) >= 11 is 1.29. The highest BCUT2D eigenvalue weighted by Crippen LogP contribution is 2.21. The van der Waals surface area contributed by atoms with Gasteiger partial charge in [0.15, 0.2) is 4.80 Å². The van der Waals surface area contributed by atoms with Gasteiger partial charge in [0.05, 0.1) is 23.7 Å². The van der Waals surface area contributed by atoms with Gasteiger partial charge in [-0.05, 0) is 31.2 Å². The number of aromatic nitrogens is 1. The predicted octanol–water partition coefficient (Wildman–Crippen LogP) is 4.01. The van der Waals surface area contributed by atoms with Crippen molar-refractivity contribution in [3.05, 3.63) is 70.8 Å². The Balaban J connectivity index is 2.01. The number of methoxy groups -OCH3 is 1. The number of halogens is 1. The zero-order valence-electron chi connectivity index (χ0n) is 14.7. The molecule has 3 rings (SSSR count). The molecular weight excluding hydrogens is 351 g/mol. The maximum absolute atomic E-state index is 13.5. The van der Waals surface area contributed by atoms with Crippen LogP contribution in [0.2, 0.25) is 0 Å². The summed E-state index contributed by atoms with van der Waals surface area (Å²) < 4.78 is 21.4. The van der Waals surface area contributed by atoms with Gasteiger partial charge in [0.2, 0.25) is 0 Å². The lowest BCUT2D eigenvalue weighted by Crippen LogP contribution is -2.17. The number of nitrogens with zero attached hydrogens (tertiary/aromatic N) is 2. The number of carbonyl (C=O) groups excluding carboxylic acids is 1. The Labute approximate surface area is 154 Å². The molecule has 1 amide bonds. The van der Waals surface area contributed by atoms with E-state index in [9.17, 15) is 9.18 Å². The van der Waals surface area contributed by atoms with Crippen molar-refractivity contribution in [1.82, 2.24) is 4.57 Å². The number of thiazole rings is 1. The van der Waals surface area contributed by atoms with E-state index in [1.54, 1.807) is 19.3 Å². The smallest absolute Gasteiger partial charge is 0.252 e. The molecule has 0 atom stereocenters. The Hall–Kier alpha value is -2.73. The molecule has 0 saturated carbocycles. The summed E-state index contributed by atoms with van der Waals surface area (Å²) in [6, 6.07) is 10.2. The highest BCUT2D eigenvalue weighted by atomic mass is 32.1. The maximum atomic E-state index is 13.5. The maximum Gasteiger partial charge on any atom is 0.252 e. The number of carbonyl (C=O) groups is 1. The lowest BCUT2D eigenvalue weighted by atomic mass is 10.1. The first-order valence-electron chi connectivity index (χ1n) is 8.12. The fourth-order valence-electron chi connectivity index (χ4n) is 2.79. The third-order valence-corrected chi connectivity index (χ3v) is 5.00. The summed E-state index contributed by atoms with van der Waals surface area (Å²) in [5, 5.41) is 0. The van der Waals surface area contributed by atoms with E-state index in [1.807, 2.05) is 29.7 Å². The SMILES string of the molecule is C=CCn1c(=NC(=O)Cc2cc(C)ccc2OC)sc2cc(F)ccc21. The highest BCUT2D eigenvalue weighted by molar-refractivity contribution is 7.16. The van der Waals surface area contributed by atoms with Crippen LogP contribution in [0.4, 0.5) is 4.39 Å². The van der Waals surface area contributed by atoms with Crippen molar-refractivity contribution in [2.45, 2.75) is 19.9 Å². The highest BCUT2D eigenvalue weighted by Gasteiger charge is 2.11. The van der Waals surface area contributed by atoms with Gasteiger partial charge in [-0.3, -0.25) is 4.79 Å². The number of allylic oxidation sites excluding steroid dienone is 1. The second kappa shape index (κ2) is 7.66. The molecule has 0 aliphatic carbocycles. The molecule has 0 spiro atoms. The fraction of sp³-hybridized carbons (Fsp3) is 0.200. The van der Waals surface area contributed by atoms with Crippen molar-refractivity contribution in [1.29, 1.82) is 0 Å². The Morgan fingerprint density at radius 1 is 1.35 bits per heavy atom. The first-order valence-corrected chi connectivity index (χ1v) is 8.94. The largest absolute Gasteiger partial charge is 0.496 e. The molecule has 6 heteroatoms. The molecule has 0 fully saturated rings. The molecule has 2 aromatic carbocycles. The van der Waals surface area contributed by atoms with Crippen molar-refractivity contribution in [2.75, 3.05) is 7.11 Å². The molecule has 0 aliphatic rings. The lowest BCUT2D eigenvalue weighted by Gasteiger charge is -2.07. The van der Waals surface area contributed by atoms with Crippen LogP contribution in [0.3, 0.4) is 0 Å². The van der Waals surface area contributed by atoms with Gasteiger partial charge in [-0.2, -0.15) is 4.99 Å². The number of ether oxygens (including phenoxy) is 1. The van der Waals surface area contributed by atoms with E-state index < -0.39 is 0 Å². The summed E-state index contributed by atoms with van der Waals surface area (Å²) in [6.45, 7) is 6.20. The monoisotopic (exact) mass is 370 g/mol. The van der Waals surface area contributed by atoms with Crippen molar-refractivity contribution in [3.63, 3.8) is 0 Å². The van der Waals surface area contributed by atoms with E-state index in [-0.39, 0.29) is 18.1 Å². The minimum absolute atomic E-state index is 0.140. The number of amides is 1. The van der Waals surface area contributed by atoms with Crippen LogP contribution in [0.15, 0.2) is 54.0 Å². The van der Waals surface area contributed by atoms with Crippen LogP contribution in [-0.2, 0) is 17.8 Å². The molecule has 3 aromatic rings. The van der Waals surface area contributed by atoms with Gasteiger partial charge < -0.3 is 9.30 Å². The first kappa shape index (κ1) is 18.1. The molecule has 0 aliphatic heterocycles. The Morgan fingerprint density at radius 2 is 2.15 bits per heavy atom. The van der Waals surface area contributed by atoms with Gasteiger partial charge >= 0.3 is 0 Å². The topological polar surface area (TPSA) is 43.6 Å². The van der Waals surface area contributed by atoms with Gasteiger partial charge in [-0.25, -0.2) is 4.39 Å². The third-order valence-electron chi connectivity index (χ3n) is 3.95. The second-order valence-electron chi connectivity index (χ2n) is 5.89. The molecule has 4 nitrogen and oxygen atoms in total. The van der Waals surface area contributed by atoms with E-state index in [2.05, 4.69) is 11.6 Å². The van der Waals surface area contributed by atoms with Crippen molar-refractivity contribution >= 4 is 27.5 Å². The second-order valence-corrected chi connectivity index (χ2v) is 6.90. The Morgan fingerprint density at radius 3 is 2.88 bits per heavy atom. The zero-order valence-corrected chi connectivity index (χ0v) is 15.5. The Bertz CT molecular complexity index is 1050. The van der Waals surface area contributed by atoms with Gasteiger partial charge in [-0.15, -0.1) is 6.58 Å². The van der Waals surface area contributed by atoms with E-state index in [0.717, 1.165) is 21.3 Å². The molecule has 1 aromatic heterocycles. The number of aryl methyl sites for hydroxylation is 1. The average molecular weight is 370 g/mol. The summed E-state index contributed by atoms with van der Waals surface area (Å²) in [6.07, 6.45) is 1.87. The van der Waals surface area contributed by atoms with Gasteiger partial charge in [-0.1, -0.05) is 35.1 Å². The van der Waals surface area contributed by atoms with Crippen LogP contribution in [0.1, 0.15) is 11.1 Å². The van der Waals surface area contributed by atoms with Gasteiger partial charge in [0.1, 0.15) is 11.6 Å². The summed E-state index contributed by atoms with van der Waals surface area (Å²) in [4.78, 5) is 17.3. The summed E-state index contributed by atoms with van der Waals surface area (Å²) in [5.74, 6) is 0.0714. The lowest BCUT2D eigenvalue weighted by molar-refractivity contribution is -0.117. The minimum atomic E-state index is -0.313.